The van der Waals surface area contributed by atoms with Gasteiger partial charge in [0.15, 0.2) is 9.84 Å². The second-order valence-electron chi connectivity index (χ2n) is 7.53. The minimum Gasteiger partial charge on any atom is -0.481 e. The van der Waals surface area contributed by atoms with E-state index in [9.17, 15) is 8.42 Å². The van der Waals surface area contributed by atoms with E-state index in [0.29, 0.717) is 17.4 Å². The molecule has 0 radical (unpaired) electrons. The summed E-state index contributed by atoms with van der Waals surface area (Å²) >= 11 is 5.30. The molecule has 4 rings (SSSR count). The molecule has 4 heterocycles. The predicted octanol–water partition coefficient (Wildman–Crippen LogP) is 4.37. The van der Waals surface area contributed by atoms with Crippen molar-refractivity contribution in [3.05, 3.63) is 27.2 Å². The van der Waals surface area contributed by atoms with Gasteiger partial charge in [0.1, 0.15) is 5.52 Å². The first-order valence-electron chi connectivity index (χ1n) is 9.69. The molecule has 0 aliphatic carbocycles. The van der Waals surface area contributed by atoms with Crippen LogP contribution in [-0.2, 0) is 15.6 Å². The normalized spacial score (nSPS) is 15.0. The second kappa shape index (κ2) is 8.39. The van der Waals surface area contributed by atoms with Gasteiger partial charge in [-0.2, -0.15) is 0 Å². The van der Waals surface area contributed by atoms with E-state index >= 15 is 0 Å². The number of aromatic nitrogens is 3. The van der Waals surface area contributed by atoms with Gasteiger partial charge in [-0.15, -0.1) is 11.3 Å². The molecule has 0 saturated carbocycles. The van der Waals surface area contributed by atoms with Crippen molar-refractivity contribution in [3.8, 4) is 17.1 Å². The van der Waals surface area contributed by atoms with Gasteiger partial charge in [0.25, 0.3) is 0 Å². The van der Waals surface area contributed by atoms with Crippen LogP contribution >= 0.6 is 27.3 Å². The van der Waals surface area contributed by atoms with E-state index in [-0.39, 0.29) is 5.75 Å². The molecule has 1 aliphatic rings. The topological polar surface area (TPSA) is 85.3 Å². The van der Waals surface area contributed by atoms with E-state index < -0.39 is 9.84 Å². The van der Waals surface area contributed by atoms with Crippen molar-refractivity contribution in [2.24, 2.45) is 0 Å². The molecule has 1 fully saturated rings. The molecule has 1 aliphatic heterocycles. The lowest BCUT2D eigenvalue weighted by atomic mass is 10.1. The fourth-order valence-electron chi connectivity index (χ4n) is 3.68. The van der Waals surface area contributed by atoms with Crippen LogP contribution in [0.4, 0.5) is 5.95 Å². The Kier molecular flexibility index (Phi) is 6.00. The Morgan fingerprint density at radius 1 is 1.23 bits per heavy atom. The SMILES string of the molecule is COc1ncc(-c2nc(N3CCCCC3)nc3c(Br)c(C)sc23)cc1CS(C)(=O)=O. The lowest BCUT2D eigenvalue weighted by Gasteiger charge is -2.27. The summed E-state index contributed by atoms with van der Waals surface area (Å²) in [5.74, 6) is 0.877. The minimum absolute atomic E-state index is 0.141. The van der Waals surface area contributed by atoms with E-state index in [4.69, 9.17) is 14.7 Å². The molecule has 0 spiro atoms. The van der Waals surface area contributed by atoms with Gasteiger partial charge in [0, 0.05) is 41.5 Å². The van der Waals surface area contributed by atoms with Crippen LogP contribution in [0.5, 0.6) is 5.88 Å². The molecule has 160 valence electrons. The van der Waals surface area contributed by atoms with E-state index in [1.165, 1.54) is 19.8 Å². The van der Waals surface area contributed by atoms with Crippen LogP contribution < -0.4 is 9.64 Å². The number of aryl methyl sites for hydroxylation is 1. The van der Waals surface area contributed by atoms with E-state index in [1.54, 1.807) is 17.5 Å². The zero-order chi connectivity index (χ0) is 21.5. The second-order valence-corrected chi connectivity index (χ2v) is 11.7. The minimum atomic E-state index is -3.24. The number of piperidine rings is 1. The van der Waals surface area contributed by atoms with E-state index in [1.807, 2.05) is 13.0 Å². The van der Waals surface area contributed by atoms with Gasteiger partial charge in [-0.05, 0) is 48.2 Å². The molecule has 30 heavy (non-hydrogen) atoms. The summed E-state index contributed by atoms with van der Waals surface area (Å²) in [5, 5.41) is 0. The maximum atomic E-state index is 11.9. The Bertz CT molecular complexity index is 1200. The van der Waals surface area contributed by atoms with Crippen molar-refractivity contribution >= 4 is 53.3 Å². The van der Waals surface area contributed by atoms with Crippen molar-refractivity contribution < 1.29 is 13.2 Å². The number of pyridine rings is 1. The molecule has 0 amide bonds. The van der Waals surface area contributed by atoms with Crippen LogP contribution in [0.25, 0.3) is 21.5 Å². The van der Waals surface area contributed by atoms with Crippen LogP contribution in [0.3, 0.4) is 0 Å². The smallest absolute Gasteiger partial charge is 0.226 e. The Morgan fingerprint density at radius 3 is 2.63 bits per heavy atom. The van der Waals surface area contributed by atoms with Gasteiger partial charge < -0.3 is 9.64 Å². The predicted molar refractivity (Wildman–Crippen MR) is 124 cm³/mol. The molecule has 0 aromatic carbocycles. The Morgan fingerprint density at radius 2 is 1.97 bits per heavy atom. The van der Waals surface area contributed by atoms with Crippen LogP contribution in [0.1, 0.15) is 29.7 Å². The average Bonchev–Trinajstić information content (AvgIpc) is 3.01. The summed E-state index contributed by atoms with van der Waals surface area (Å²) in [4.78, 5) is 17.5. The fraction of sp³-hybridized carbons (Fsp3) is 0.450. The third-order valence-corrected chi connectivity index (χ3v) is 8.24. The molecular weight excluding hydrogens is 488 g/mol. The highest BCUT2D eigenvalue weighted by molar-refractivity contribution is 9.10. The van der Waals surface area contributed by atoms with Crippen molar-refractivity contribution in [2.45, 2.75) is 31.9 Å². The molecule has 0 N–H and O–H groups in total. The number of anilines is 1. The maximum Gasteiger partial charge on any atom is 0.226 e. The number of ether oxygens (including phenoxy) is 1. The third-order valence-electron chi connectivity index (χ3n) is 5.07. The van der Waals surface area contributed by atoms with Crippen LogP contribution in [-0.4, -0.2) is 49.8 Å². The van der Waals surface area contributed by atoms with Crippen molar-refractivity contribution in [3.63, 3.8) is 0 Å². The molecule has 0 bridgehead atoms. The number of hydrogen-bond acceptors (Lipinski definition) is 8. The highest BCUT2D eigenvalue weighted by Crippen LogP contribution is 2.40. The first-order chi connectivity index (χ1) is 14.3. The van der Waals surface area contributed by atoms with Gasteiger partial charge in [-0.25, -0.2) is 23.4 Å². The zero-order valence-corrected chi connectivity index (χ0v) is 20.3. The van der Waals surface area contributed by atoms with Crippen LogP contribution in [0.2, 0.25) is 0 Å². The molecule has 10 heteroatoms. The first-order valence-corrected chi connectivity index (χ1v) is 13.4. The van der Waals surface area contributed by atoms with Crippen LogP contribution in [0.15, 0.2) is 16.7 Å². The lowest BCUT2D eigenvalue weighted by Crippen LogP contribution is -2.31. The monoisotopic (exact) mass is 510 g/mol. The standard InChI is InChI=1S/C20H23BrN4O3S2/c1-12-15(21)17-18(29-12)16(23-20(24-17)25-7-5-4-6-8-25)13-9-14(11-30(3,26)27)19(28-2)22-10-13/h9-10H,4-8,11H2,1-3H3. The fourth-order valence-corrected chi connectivity index (χ4v) is 6.11. The summed E-state index contributed by atoms with van der Waals surface area (Å²) in [6, 6.07) is 1.82. The number of fused-ring (bicyclic) bond motifs is 1. The molecule has 1 saturated heterocycles. The summed E-state index contributed by atoms with van der Waals surface area (Å²) in [7, 11) is -1.75. The summed E-state index contributed by atoms with van der Waals surface area (Å²) in [5.41, 5.74) is 2.93. The van der Waals surface area contributed by atoms with Gasteiger partial charge in [0.05, 0.1) is 27.7 Å². The number of nitrogens with zero attached hydrogens (tertiary/aromatic N) is 4. The summed E-state index contributed by atoms with van der Waals surface area (Å²) < 4.78 is 31.1. The number of sulfone groups is 1. The van der Waals surface area contributed by atoms with E-state index in [0.717, 1.165) is 56.8 Å². The number of thiophene rings is 1. The van der Waals surface area contributed by atoms with Gasteiger partial charge in [-0.3, -0.25) is 0 Å². The quantitative estimate of drug-likeness (QED) is 0.503. The molecule has 3 aromatic heterocycles. The molecule has 3 aromatic rings. The molecular formula is C20H23BrN4O3S2. The van der Waals surface area contributed by atoms with Crippen molar-refractivity contribution in [2.75, 3.05) is 31.4 Å². The number of halogens is 1. The number of methoxy groups -OCH3 is 1. The highest BCUT2D eigenvalue weighted by atomic mass is 79.9. The Balaban J connectivity index is 1.91. The number of hydrogen-bond donors (Lipinski definition) is 0. The Hall–Kier alpha value is -1.78. The van der Waals surface area contributed by atoms with Crippen molar-refractivity contribution in [1.82, 2.24) is 15.0 Å². The van der Waals surface area contributed by atoms with Crippen molar-refractivity contribution in [1.29, 1.82) is 0 Å². The van der Waals surface area contributed by atoms with Gasteiger partial charge in [0.2, 0.25) is 11.8 Å². The third kappa shape index (κ3) is 4.31. The van der Waals surface area contributed by atoms with Gasteiger partial charge >= 0.3 is 0 Å². The Labute approximate surface area is 188 Å². The van der Waals surface area contributed by atoms with Gasteiger partial charge in [-0.1, -0.05) is 0 Å². The highest BCUT2D eigenvalue weighted by Gasteiger charge is 2.22. The maximum absolute atomic E-state index is 11.9. The number of rotatable bonds is 5. The molecule has 7 nitrogen and oxygen atoms in total. The molecule has 0 atom stereocenters. The molecule has 0 unspecified atom stereocenters. The summed E-state index contributed by atoms with van der Waals surface area (Å²) in [6.45, 7) is 3.92. The summed E-state index contributed by atoms with van der Waals surface area (Å²) in [6.07, 6.45) is 6.38. The first kappa shape index (κ1) is 21.5. The van der Waals surface area contributed by atoms with Crippen LogP contribution in [0, 0.1) is 6.92 Å². The largest absolute Gasteiger partial charge is 0.481 e. The lowest BCUT2D eigenvalue weighted by molar-refractivity contribution is 0.394. The average molecular weight is 511 g/mol. The van der Waals surface area contributed by atoms with E-state index in [2.05, 4.69) is 25.8 Å². The zero-order valence-electron chi connectivity index (χ0n) is 17.1.